The first-order valence-corrected chi connectivity index (χ1v) is 7.20. The van der Waals surface area contributed by atoms with E-state index in [0.717, 1.165) is 22.2 Å². The molecule has 1 amide bonds. The minimum absolute atomic E-state index is 0.167. The van der Waals surface area contributed by atoms with Crippen molar-refractivity contribution in [3.63, 3.8) is 0 Å². The van der Waals surface area contributed by atoms with Crippen LogP contribution in [-0.2, 0) is 17.8 Å². The molecule has 102 valence electrons. The third kappa shape index (κ3) is 3.25. The number of thiocarbonyl (C=S) groups is 1. The molecule has 1 aromatic rings. The van der Waals surface area contributed by atoms with Crippen molar-refractivity contribution in [1.29, 1.82) is 0 Å². The van der Waals surface area contributed by atoms with Crippen LogP contribution in [-0.4, -0.2) is 17.5 Å². The summed E-state index contributed by atoms with van der Waals surface area (Å²) in [5.74, 6) is 0.252. The number of benzene rings is 1. The highest BCUT2D eigenvalue weighted by Gasteiger charge is 2.19. The molecular formula is C13H15BrN2O2S. The maximum absolute atomic E-state index is 11.8. The average Bonchev–Trinajstić information content (AvgIpc) is 2.82. The second-order valence-electron chi connectivity index (χ2n) is 4.49. The van der Waals surface area contributed by atoms with Crippen LogP contribution < -0.4 is 15.8 Å². The van der Waals surface area contributed by atoms with Gasteiger partial charge in [-0.1, -0.05) is 28.1 Å². The summed E-state index contributed by atoms with van der Waals surface area (Å²) in [6, 6.07) is 4.00. The average molecular weight is 343 g/mol. The molecule has 0 spiro atoms. The van der Waals surface area contributed by atoms with E-state index >= 15 is 0 Å². The Balaban J connectivity index is 2.08. The molecule has 0 saturated carbocycles. The van der Waals surface area contributed by atoms with Gasteiger partial charge in [-0.25, -0.2) is 0 Å². The summed E-state index contributed by atoms with van der Waals surface area (Å²) in [6.45, 7) is 2.79. The lowest BCUT2D eigenvalue weighted by atomic mass is 10.1. The number of rotatable bonds is 4. The van der Waals surface area contributed by atoms with E-state index in [1.54, 1.807) is 6.92 Å². The molecule has 0 bridgehead atoms. The molecule has 19 heavy (non-hydrogen) atoms. The van der Waals surface area contributed by atoms with E-state index in [9.17, 15) is 4.79 Å². The van der Waals surface area contributed by atoms with Crippen LogP contribution in [0.15, 0.2) is 16.6 Å². The van der Waals surface area contributed by atoms with E-state index in [1.165, 1.54) is 5.56 Å². The molecule has 1 aliphatic rings. The van der Waals surface area contributed by atoms with Gasteiger partial charge in [-0.15, -0.1) is 0 Å². The second-order valence-corrected chi connectivity index (χ2v) is 5.88. The van der Waals surface area contributed by atoms with Gasteiger partial charge in [0.05, 0.1) is 17.5 Å². The van der Waals surface area contributed by atoms with E-state index in [2.05, 4.69) is 21.2 Å². The van der Waals surface area contributed by atoms with Gasteiger partial charge in [-0.2, -0.15) is 0 Å². The summed E-state index contributed by atoms with van der Waals surface area (Å²) in [4.78, 5) is 12.0. The first-order valence-electron chi connectivity index (χ1n) is 6.00. The van der Waals surface area contributed by atoms with Gasteiger partial charge in [0, 0.05) is 23.0 Å². The monoisotopic (exact) mass is 342 g/mol. The van der Waals surface area contributed by atoms with E-state index in [-0.39, 0.29) is 10.9 Å². The number of amides is 1. The Kier molecular flexibility index (Phi) is 4.42. The molecule has 1 heterocycles. The smallest absolute Gasteiger partial charge is 0.229 e. The first kappa shape index (κ1) is 14.3. The number of hydrogen-bond donors (Lipinski definition) is 2. The quantitative estimate of drug-likeness (QED) is 0.820. The highest BCUT2D eigenvalue weighted by Crippen LogP contribution is 2.32. The number of carbonyl (C=O) groups is 1. The predicted molar refractivity (Wildman–Crippen MR) is 81.1 cm³/mol. The lowest BCUT2D eigenvalue weighted by Gasteiger charge is -2.13. The van der Waals surface area contributed by atoms with E-state index in [4.69, 9.17) is 22.7 Å². The van der Waals surface area contributed by atoms with Crippen molar-refractivity contribution in [2.24, 2.45) is 11.7 Å². The van der Waals surface area contributed by atoms with Crippen molar-refractivity contribution in [2.45, 2.75) is 19.9 Å². The zero-order valence-electron chi connectivity index (χ0n) is 10.5. The van der Waals surface area contributed by atoms with Gasteiger partial charge in [0.1, 0.15) is 5.75 Å². The highest BCUT2D eigenvalue weighted by atomic mass is 79.9. The lowest BCUT2D eigenvalue weighted by Crippen LogP contribution is -2.35. The second kappa shape index (κ2) is 5.88. The molecule has 0 aliphatic carbocycles. The van der Waals surface area contributed by atoms with Gasteiger partial charge in [0.25, 0.3) is 0 Å². The van der Waals surface area contributed by atoms with Crippen LogP contribution in [0.1, 0.15) is 18.1 Å². The fraction of sp³-hybridized carbons (Fsp3) is 0.385. The molecule has 2 rings (SSSR count). The highest BCUT2D eigenvalue weighted by molar-refractivity contribution is 9.10. The Morgan fingerprint density at radius 1 is 1.63 bits per heavy atom. The standard InChI is InChI=1S/C13H15BrN2O2S/c1-7(12(15)19)13(17)16-6-9-5-10(14)4-8-2-3-18-11(8)9/h4-5,7H,2-3,6H2,1H3,(H2,15,19)(H,16,17). The Bertz CT molecular complexity index is 534. The van der Waals surface area contributed by atoms with Crippen molar-refractivity contribution in [3.8, 4) is 5.75 Å². The van der Waals surface area contributed by atoms with Gasteiger partial charge in [-0.3, -0.25) is 4.79 Å². The Morgan fingerprint density at radius 3 is 3.05 bits per heavy atom. The van der Waals surface area contributed by atoms with Gasteiger partial charge in [-0.05, 0) is 24.6 Å². The number of hydrogen-bond acceptors (Lipinski definition) is 3. The first-order chi connectivity index (χ1) is 8.99. The van der Waals surface area contributed by atoms with Crippen LogP contribution in [0.5, 0.6) is 5.75 Å². The van der Waals surface area contributed by atoms with Crippen LogP contribution in [0.4, 0.5) is 0 Å². The van der Waals surface area contributed by atoms with Crippen LogP contribution in [0.25, 0.3) is 0 Å². The summed E-state index contributed by atoms with van der Waals surface area (Å²) in [5, 5.41) is 2.83. The molecule has 6 heteroatoms. The minimum atomic E-state index is -0.462. The summed E-state index contributed by atoms with van der Waals surface area (Å²) < 4.78 is 6.59. The van der Waals surface area contributed by atoms with Gasteiger partial charge in [0.15, 0.2) is 0 Å². The van der Waals surface area contributed by atoms with Crippen LogP contribution in [0.2, 0.25) is 0 Å². The molecule has 3 N–H and O–H groups in total. The predicted octanol–water partition coefficient (Wildman–Crippen LogP) is 1.92. The fourth-order valence-corrected chi connectivity index (χ4v) is 2.60. The van der Waals surface area contributed by atoms with Gasteiger partial charge < -0.3 is 15.8 Å². The van der Waals surface area contributed by atoms with Crippen molar-refractivity contribution < 1.29 is 9.53 Å². The molecule has 4 nitrogen and oxygen atoms in total. The van der Waals surface area contributed by atoms with Crippen molar-refractivity contribution in [3.05, 3.63) is 27.7 Å². The zero-order valence-corrected chi connectivity index (χ0v) is 12.9. The number of ether oxygens (including phenoxy) is 1. The van der Waals surface area contributed by atoms with Gasteiger partial charge >= 0.3 is 0 Å². The number of fused-ring (bicyclic) bond motifs is 1. The molecule has 1 atom stereocenters. The van der Waals surface area contributed by atoms with Crippen LogP contribution in [0, 0.1) is 5.92 Å². The molecule has 1 unspecified atom stereocenters. The summed E-state index contributed by atoms with van der Waals surface area (Å²) in [7, 11) is 0. The minimum Gasteiger partial charge on any atom is -0.493 e. The van der Waals surface area contributed by atoms with Crippen molar-refractivity contribution in [1.82, 2.24) is 5.32 Å². The third-order valence-corrected chi connectivity index (χ3v) is 3.91. The molecule has 1 aliphatic heterocycles. The normalized spacial score (nSPS) is 14.4. The van der Waals surface area contributed by atoms with Crippen molar-refractivity contribution >= 4 is 39.0 Å². The maximum atomic E-state index is 11.8. The number of carbonyl (C=O) groups excluding carboxylic acids is 1. The lowest BCUT2D eigenvalue weighted by molar-refractivity contribution is -0.122. The van der Waals surface area contributed by atoms with E-state index < -0.39 is 5.92 Å². The summed E-state index contributed by atoms with van der Waals surface area (Å²) >= 11 is 8.28. The maximum Gasteiger partial charge on any atom is 0.229 e. The largest absolute Gasteiger partial charge is 0.493 e. The van der Waals surface area contributed by atoms with Crippen molar-refractivity contribution in [2.75, 3.05) is 6.61 Å². The Morgan fingerprint density at radius 2 is 2.37 bits per heavy atom. The molecular weight excluding hydrogens is 328 g/mol. The van der Waals surface area contributed by atoms with Crippen LogP contribution in [0.3, 0.4) is 0 Å². The molecule has 1 aromatic carbocycles. The molecule has 0 aromatic heterocycles. The Labute approximate surface area is 125 Å². The zero-order chi connectivity index (χ0) is 14.0. The number of nitrogens with two attached hydrogens (primary N) is 1. The molecule has 0 radical (unpaired) electrons. The topological polar surface area (TPSA) is 64.3 Å². The summed E-state index contributed by atoms with van der Waals surface area (Å²) in [5.41, 5.74) is 7.59. The van der Waals surface area contributed by atoms with Gasteiger partial charge in [0.2, 0.25) is 5.91 Å². The SMILES string of the molecule is CC(C(=O)NCc1cc(Br)cc2c1OCC2)C(N)=S. The van der Waals surface area contributed by atoms with E-state index in [0.29, 0.717) is 13.2 Å². The number of nitrogens with one attached hydrogen (secondary N) is 1. The third-order valence-electron chi connectivity index (χ3n) is 3.10. The van der Waals surface area contributed by atoms with E-state index in [1.807, 2.05) is 12.1 Å². The fourth-order valence-electron chi connectivity index (χ4n) is 1.94. The molecule has 0 saturated heterocycles. The molecule has 0 fully saturated rings. The Hall–Kier alpha value is -1.14. The summed E-state index contributed by atoms with van der Waals surface area (Å²) in [6.07, 6.45) is 0.902. The number of halogens is 1. The van der Waals surface area contributed by atoms with Crippen LogP contribution >= 0.6 is 28.1 Å².